The van der Waals surface area contributed by atoms with Crippen molar-refractivity contribution in [1.82, 2.24) is 10.2 Å². The standard InChI is InChI=1S/C17H9F7N4/c18-12-11(17(22,23)24)13(19)15(21)16(14(12)20)28-26-7-10-9(6-25-27-10)8-4-2-1-3-5-8/h1-7,28H,(H,25,27). The number of hydrogen-bond acceptors (Lipinski definition) is 3. The van der Waals surface area contributed by atoms with Crippen molar-refractivity contribution in [1.29, 1.82) is 0 Å². The summed E-state index contributed by atoms with van der Waals surface area (Å²) in [7, 11) is 0. The molecular weight excluding hydrogens is 393 g/mol. The first kappa shape index (κ1) is 19.4. The Balaban J connectivity index is 1.92. The van der Waals surface area contributed by atoms with Gasteiger partial charge in [0.15, 0.2) is 23.3 Å². The fourth-order valence-electron chi connectivity index (χ4n) is 2.38. The van der Waals surface area contributed by atoms with Gasteiger partial charge in [0.2, 0.25) is 0 Å². The van der Waals surface area contributed by atoms with E-state index in [1.807, 2.05) is 0 Å². The van der Waals surface area contributed by atoms with Crippen LogP contribution < -0.4 is 5.43 Å². The third-order valence-electron chi connectivity index (χ3n) is 3.67. The molecule has 3 aromatic rings. The minimum absolute atomic E-state index is 0.271. The first-order valence-corrected chi connectivity index (χ1v) is 7.52. The molecule has 0 aliphatic heterocycles. The summed E-state index contributed by atoms with van der Waals surface area (Å²) in [5, 5.41) is 9.76. The first-order chi connectivity index (χ1) is 13.2. The van der Waals surface area contributed by atoms with Gasteiger partial charge in [-0.15, -0.1) is 0 Å². The van der Waals surface area contributed by atoms with Crippen LogP contribution in [0.5, 0.6) is 0 Å². The Labute approximate surface area is 152 Å². The number of hydrogen-bond donors (Lipinski definition) is 2. The van der Waals surface area contributed by atoms with E-state index >= 15 is 0 Å². The third-order valence-corrected chi connectivity index (χ3v) is 3.67. The minimum atomic E-state index is -5.61. The van der Waals surface area contributed by atoms with Gasteiger partial charge in [0.1, 0.15) is 11.3 Å². The lowest BCUT2D eigenvalue weighted by Crippen LogP contribution is -2.16. The first-order valence-electron chi connectivity index (χ1n) is 7.52. The molecule has 0 aliphatic rings. The zero-order valence-electron chi connectivity index (χ0n) is 13.6. The smallest absolute Gasteiger partial charge is 0.276 e. The van der Waals surface area contributed by atoms with Crippen molar-refractivity contribution in [3.8, 4) is 11.1 Å². The lowest BCUT2D eigenvalue weighted by atomic mass is 10.1. The Morgan fingerprint density at radius 3 is 2.11 bits per heavy atom. The maximum absolute atomic E-state index is 13.8. The second-order valence-corrected chi connectivity index (χ2v) is 5.44. The molecule has 0 spiro atoms. The average Bonchev–Trinajstić information content (AvgIpc) is 3.11. The molecular formula is C17H9F7N4. The van der Waals surface area contributed by atoms with Crippen LogP contribution in [-0.2, 0) is 6.18 Å². The predicted octanol–water partition coefficient (Wildman–Crippen LogP) is 5.10. The summed E-state index contributed by atoms with van der Waals surface area (Å²) in [5.41, 5.74) is -0.926. The van der Waals surface area contributed by atoms with Gasteiger partial charge < -0.3 is 0 Å². The highest BCUT2D eigenvalue weighted by Gasteiger charge is 2.42. The molecule has 2 N–H and O–H groups in total. The molecule has 11 heteroatoms. The Morgan fingerprint density at radius 2 is 1.54 bits per heavy atom. The Hall–Kier alpha value is -3.37. The summed E-state index contributed by atoms with van der Waals surface area (Å²) in [4.78, 5) is 0. The van der Waals surface area contributed by atoms with Crippen molar-refractivity contribution in [2.45, 2.75) is 6.18 Å². The van der Waals surface area contributed by atoms with Gasteiger partial charge in [-0.05, 0) is 5.56 Å². The molecule has 2 aromatic carbocycles. The van der Waals surface area contributed by atoms with Gasteiger partial charge in [0.05, 0.1) is 18.1 Å². The molecule has 0 amide bonds. The number of aromatic amines is 1. The maximum atomic E-state index is 13.8. The van der Waals surface area contributed by atoms with Crippen molar-refractivity contribution in [3.05, 3.63) is 71.1 Å². The molecule has 1 aromatic heterocycles. The van der Waals surface area contributed by atoms with Crippen LogP contribution in [0.25, 0.3) is 11.1 Å². The Morgan fingerprint density at radius 1 is 0.929 bits per heavy atom. The molecule has 0 saturated heterocycles. The summed E-state index contributed by atoms with van der Waals surface area (Å²) in [6.07, 6.45) is -3.17. The lowest BCUT2D eigenvalue weighted by Gasteiger charge is -2.13. The number of alkyl halides is 3. The molecule has 4 nitrogen and oxygen atoms in total. The normalized spacial score (nSPS) is 12.0. The van der Waals surface area contributed by atoms with E-state index in [1.165, 1.54) is 6.20 Å². The summed E-state index contributed by atoms with van der Waals surface area (Å²) in [6.45, 7) is 0. The molecule has 0 bridgehead atoms. The predicted molar refractivity (Wildman–Crippen MR) is 86.5 cm³/mol. The topological polar surface area (TPSA) is 53.1 Å². The van der Waals surface area contributed by atoms with Crippen LogP contribution in [0.4, 0.5) is 36.4 Å². The van der Waals surface area contributed by atoms with E-state index in [-0.39, 0.29) is 5.69 Å². The average molecular weight is 402 g/mol. The van der Waals surface area contributed by atoms with Crippen LogP contribution in [0.3, 0.4) is 0 Å². The minimum Gasteiger partial charge on any atom is -0.276 e. The number of rotatable bonds is 4. The number of H-pyrrole nitrogens is 1. The molecule has 0 saturated carbocycles. The van der Waals surface area contributed by atoms with Crippen LogP contribution >= 0.6 is 0 Å². The van der Waals surface area contributed by atoms with Crippen molar-refractivity contribution in [2.75, 3.05) is 5.43 Å². The monoisotopic (exact) mass is 402 g/mol. The molecule has 0 unspecified atom stereocenters. The van der Waals surface area contributed by atoms with E-state index in [9.17, 15) is 30.7 Å². The number of nitrogens with zero attached hydrogens (tertiary/aromatic N) is 2. The van der Waals surface area contributed by atoms with Crippen molar-refractivity contribution < 1.29 is 30.7 Å². The molecule has 0 radical (unpaired) electrons. The highest BCUT2D eigenvalue weighted by molar-refractivity contribution is 5.88. The number of halogens is 7. The van der Waals surface area contributed by atoms with Crippen LogP contribution in [0, 0.1) is 23.3 Å². The zero-order chi connectivity index (χ0) is 20.5. The summed E-state index contributed by atoms with van der Waals surface area (Å²) >= 11 is 0. The lowest BCUT2D eigenvalue weighted by molar-refractivity contribution is -0.143. The molecule has 146 valence electrons. The number of benzene rings is 2. The SMILES string of the molecule is Fc1c(F)c(C(F)(F)F)c(F)c(F)c1NN=Cc1[nH]ncc1-c1ccccc1. The van der Waals surface area contributed by atoms with Gasteiger partial charge >= 0.3 is 6.18 Å². The second kappa shape index (κ2) is 7.33. The van der Waals surface area contributed by atoms with Crippen molar-refractivity contribution >= 4 is 11.9 Å². The van der Waals surface area contributed by atoms with Crippen LogP contribution in [-0.4, -0.2) is 16.4 Å². The number of nitrogens with one attached hydrogen (secondary N) is 2. The van der Waals surface area contributed by atoms with Gasteiger partial charge in [-0.3, -0.25) is 10.5 Å². The quantitative estimate of drug-likeness (QED) is 0.276. The molecule has 28 heavy (non-hydrogen) atoms. The number of anilines is 1. The summed E-state index contributed by atoms with van der Waals surface area (Å²) in [5.74, 6) is -9.65. The van der Waals surface area contributed by atoms with Gasteiger partial charge in [0.25, 0.3) is 0 Å². The van der Waals surface area contributed by atoms with Gasteiger partial charge in [-0.2, -0.15) is 23.4 Å². The third kappa shape index (κ3) is 3.55. The van der Waals surface area contributed by atoms with Crippen molar-refractivity contribution in [2.24, 2.45) is 5.10 Å². The zero-order valence-corrected chi connectivity index (χ0v) is 13.6. The van der Waals surface area contributed by atoms with E-state index in [1.54, 1.807) is 35.8 Å². The van der Waals surface area contributed by atoms with E-state index in [0.717, 1.165) is 11.8 Å². The summed E-state index contributed by atoms with van der Waals surface area (Å²) < 4.78 is 92.5. The maximum Gasteiger partial charge on any atom is 0.422 e. The molecule has 0 fully saturated rings. The van der Waals surface area contributed by atoms with Gasteiger partial charge in [-0.25, -0.2) is 17.6 Å². The Kier molecular flexibility index (Phi) is 5.08. The van der Waals surface area contributed by atoms with E-state index in [0.29, 0.717) is 5.56 Å². The molecule has 3 rings (SSSR count). The molecule has 1 heterocycles. The van der Waals surface area contributed by atoms with E-state index in [4.69, 9.17) is 0 Å². The van der Waals surface area contributed by atoms with Crippen LogP contribution in [0.1, 0.15) is 11.3 Å². The number of hydrazone groups is 1. The largest absolute Gasteiger partial charge is 0.422 e. The van der Waals surface area contributed by atoms with Gasteiger partial charge in [0, 0.05) is 5.56 Å². The van der Waals surface area contributed by atoms with Crippen LogP contribution in [0.2, 0.25) is 0 Å². The fraction of sp³-hybridized carbons (Fsp3) is 0.0588. The highest BCUT2D eigenvalue weighted by Crippen LogP contribution is 2.38. The second-order valence-electron chi connectivity index (χ2n) is 5.44. The molecule has 0 atom stereocenters. The van der Waals surface area contributed by atoms with Crippen LogP contribution in [0.15, 0.2) is 41.6 Å². The number of aromatic nitrogens is 2. The van der Waals surface area contributed by atoms with Crippen molar-refractivity contribution in [3.63, 3.8) is 0 Å². The molecule has 0 aliphatic carbocycles. The van der Waals surface area contributed by atoms with E-state index < -0.39 is 40.7 Å². The summed E-state index contributed by atoms with van der Waals surface area (Å²) in [6, 6.07) is 8.77. The Bertz CT molecular complexity index is 997. The highest BCUT2D eigenvalue weighted by atomic mass is 19.4. The van der Waals surface area contributed by atoms with Gasteiger partial charge in [-0.1, -0.05) is 30.3 Å². The van der Waals surface area contributed by atoms with E-state index in [2.05, 4.69) is 15.3 Å². The fourth-order valence-corrected chi connectivity index (χ4v) is 2.38.